The Morgan fingerprint density at radius 3 is 2.81 bits per heavy atom. The van der Waals surface area contributed by atoms with Crippen molar-refractivity contribution >= 4 is 27.8 Å². The molecule has 0 saturated carbocycles. The zero-order valence-corrected chi connectivity index (χ0v) is 13.5. The lowest BCUT2D eigenvalue weighted by Crippen LogP contribution is -2.29. The highest BCUT2D eigenvalue weighted by Gasteiger charge is 2.21. The second kappa shape index (κ2) is 6.81. The largest absolute Gasteiger partial charge is 0.478 e. The van der Waals surface area contributed by atoms with Crippen molar-refractivity contribution in [3.63, 3.8) is 0 Å². The van der Waals surface area contributed by atoms with Crippen LogP contribution >= 0.6 is 11.8 Å². The van der Waals surface area contributed by atoms with Crippen molar-refractivity contribution in [3.05, 3.63) is 29.3 Å². The Kier molecular flexibility index (Phi) is 5.29. The summed E-state index contributed by atoms with van der Waals surface area (Å²) in [5.74, 6) is 1.30. The molecule has 0 spiro atoms. The first-order valence-electron chi connectivity index (χ1n) is 6.87. The van der Waals surface area contributed by atoms with E-state index in [0.717, 1.165) is 17.9 Å². The summed E-state index contributed by atoms with van der Waals surface area (Å²) >= 11 is 1.83. The van der Waals surface area contributed by atoms with Gasteiger partial charge in [0.25, 0.3) is 0 Å². The lowest BCUT2D eigenvalue weighted by atomic mass is 10.1. The first kappa shape index (κ1) is 16.3. The van der Waals surface area contributed by atoms with Gasteiger partial charge in [0.2, 0.25) is 10.0 Å². The van der Waals surface area contributed by atoms with Gasteiger partial charge in [0.1, 0.15) is 0 Å². The number of benzene rings is 1. The molecule has 21 heavy (non-hydrogen) atoms. The zero-order valence-electron chi connectivity index (χ0n) is 11.8. The fourth-order valence-electron chi connectivity index (χ4n) is 2.29. The maximum absolute atomic E-state index is 12.3. The highest BCUT2D eigenvalue weighted by atomic mass is 32.2. The first-order chi connectivity index (χ1) is 9.94. The minimum Gasteiger partial charge on any atom is -0.478 e. The third-order valence-electron chi connectivity index (χ3n) is 3.59. The number of rotatable bonds is 6. The van der Waals surface area contributed by atoms with Crippen LogP contribution in [0.1, 0.15) is 29.3 Å². The number of aromatic carboxylic acids is 1. The molecule has 0 amide bonds. The second-order valence-electron chi connectivity index (χ2n) is 5.06. The van der Waals surface area contributed by atoms with Crippen LogP contribution in [0.25, 0.3) is 0 Å². The van der Waals surface area contributed by atoms with Crippen LogP contribution < -0.4 is 4.72 Å². The Labute approximate surface area is 129 Å². The topological polar surface area (TPSA) is 83.5 Å². The predicted octanol–water partition coefficient (Wildman–Crippen LogP) is 1.98. The average molecular weight is 329 g/mol. The maximum Gasteiger partial charge on any atom is 0.336 e. The molecule has 1 saturated heterocycles. The fourth-order valence-corrected chi connectivity index (χ4v) is 4.71. The molecule has 7 heteroatoms. The lowest BCUT2D eigenvalue weighted by molar-refractivity contribution is 0.0695. The van der Waals surface area contributed by atoms with E-state index >= 15 is 0 Å². The Morgan fingerprint density at radius 2 is 2.24 bits per heavy atom. The van der Waals surface area contributed by atoms with Gasteiger partial charge in [-0.1, -0.05) is 13.0 Å². The quantitative estimate of drug-likeness (QED) is 0.834. The molecule has 1 aliphatic heterocycles. The van der Waals surface area contributed by atoms with E-state index in [1.54, 1.807) is 6.07 Å². The summed E-state index contributed by atoms with van der Waals surface area (Å²) in [6, 6.07) is 4.29. The summed E-state index contributed by atoms with van der Waals surface area (Å²) in [6.45, 7) is 2.25. The Hall–Kier alpha value is -1.05. The smallest absolute Gasteiger partial charge is 0.336 e. The minimum atomic E-state index is -3.65. The number of carboxylic acid groups (broad SMARTS) is 1. The molecule has 2 rings (SSSR count). The standard InChI is InChI=1S/C14H19NO4S2/c1-2-11-3-4-12(7-13(11)14(16)17)21(18,19)15-8-10-5-6-20-9-10/h3-4,7,10,15H,2,5-6,8-9H2,1H3,(H,16,17). The van der Waals surface area contributed by atoms with E-state index in [1.165, 1.54) is 12.1 Å². The number of sulfonamides is 1. The lowest BCUT2D eigenvalue weighted by Gasteiger charge is -2.12. The predicted molar refractivity (Wildman–Crippen MR) is 83.4 cm³/mol. The molecule has 1 atom stereocenters. The van der Waals surface area contributed by atoms with E-state index in [-0.39, 0.29) is 10.5 Å². The summed E-state index contributed by atoms with van der Waals surface area (Å²) in [5.41, 5.74) is 0.686. The van der Waals surface area contributed by atoms with E-state index < -0.39 is 16.0 Å². The molecule has 2 N–H and O–H groups in total. The molecule has 0 bridgehead atoms. The summed E-state index contributed by atoms with van der Waals surface area (Å²) in [4.78, 5) is 11.2. The number of carboxylic acids is 1. The molecule has 1 fully saturated rings. The first-order valence-corrected chi connectivity index (χ1v) is 9.51. The molecular formula is C14H19NO4S2. The van der Waals surface area contributed by atoms with E-state index in [4.69, 9.17) is 0 Å². The molecular weight excluding hydrogens is 310 g/mol. The van der Waals surface area contributed by atoms with Crippen LogP contribution in [0.5, 0.6) is 0 Å². The van der Waals surface area contributed by atoms with Gasteiger partial charge < -0.3 is 5.11 Å². The van der Waals surface area contributed by atoms with Gasteiger partial charge >= 0.3 is 5.97 Å². The molecule has 1 aromatic carbocycles. The van der Waals surface area contributed by atoms with Crippen LogP contribution in [0.4, 0.5) is 0 Å². The van der Waals surface area contributed by atoms with E-state index in [0.29, 0.717) is 24.4 Å². The summed E-state index contributed by atoms with van der Waals surface area (Å²) in [6.07, 6.45) is 1.57. The van der Waals surface area contributed by atoms with Gasteiger partial charge in [-0.25, -0.2) is 17.9 Å². The van der Waals surface area contributed by atoms with Crippen molar-refractivity contribution < 1.29 is 18.3 Å². The van der Waals surface area contributed by atoms with E-state index in [2.05, 4.69) is 4.72 Å². The molecule has 5 nitrogen and oxygen atoms in total. The van der Waals surface area contributed by atoms with Crippen LogP contribution in [0.3, 0.4) is 0 Å². The van der Waals surface area contributed by atoms with Crippen LogP contribution in [0, 0.1) is 5.92 Å². The monoisotopic (exact) mass is 329 g/mol. The third kappa shape index (κ3) is 3.99. The molecule has 116 valence electrons. The van der Waals surface area contributed by atoms with Crippen molar-refractivity contribution in [2.24, 2.45) is 5.92 Å². The van der Waals surface area contributed by atoms with Gasteiger partial charge in [0.05, 0.1) is 10.5 Å². The number of aryl methyl sites for hydroxylation is 1. The molecule has 1 aromatic rings. The molecule has 1 aliphatic rings. The van der Waals surface area contributed by atoms with Crippen molar-refractivity contribution in [1.29, 1.82) is 0 Å². The van der Waals surface area contributed by atoms with Crippen LogP contribution in [0.2, 0.25) is 0 Å². The van der Waals surface area contributed by atoms with Gasteiger partial charge in [-0.05, 0) is 48.0 Å². The number of hydrogen-bond donors (Lipinski definition) is 2. The van der Waals surface area contributed by atoms with E-state index in [9.17, 15) is 18.3 Å². The van der Waals surface area contributed by atoms with Gasteiger partial charge in [-0.2, -0.15) is 11.8 Å². The van der Waals surface area contributed by atoms with Gasteiger partial charge in [0.15, 0.2) is 0 Å². The van der Waals surface area contributed by atoms with Crippen molar-refractivity contribution in [3.8, 4) is 0 Å². The van der Waals surface area contributed by atoms with Crippen LogP contribution in [-0.2, 0) is 16.4 Å². The molecule has 1 heterocycles. The van der Waals surface area contributed by atoms with Gasteiger partial charge in [-0.3, -0.25) is 0 Å². The highest BCUT2D eigenvalue weighted by molar-refractivity contribution is 7.99. The average Bonchev–Trinajstić information content (AvgIpc) is 2.97. The number of carbonyl (C=O) groups is 1. The normalized spacial score (nSPS) is 18.8. The molecule has 0 aliphatic carbocycles. The fraction of sp³-hybridized carbons (Fsp3) is 0.500. The maximum atomic E-state index is 12.3. The van der Waals surface area contributed by atoms with Crippen molar-refractivity contribution in [2.45, 2.75) is 24.7 Å². The van der Waals surface area contributed by atoms with E-state index in [1.807, 2.05) is 18.7 Å². The second-order valence-corrected chi connectivity index (χ2v) is 7.98. The molecule has 0 aromatic heterocycles. The number of hydrogen-bond acceptors (Lipinski definition) is 4. The Balaban J connectivity index is 2.18. The minimum absolute atomic E-state index is 0.0164. The van der Waals surface area contributed by atoms with Crippen molar-refractivity contribution in [2.75, 3.05) is 18.1 Å². The molecule has 1 unspecified atom stereocenters. The van der Waals surface area contributed by atoms with Crippen LogP contribution in [-0.4, -0.2) is 37.5 Å². The van der Waals surface area contributed by atoms with Crippen molar-refractivity contribution in [1.82, 2.24) is 4.72 Å². The number of nitrogens with one attached hydrogen (secondary N) is 1. The third-order valence-corrected chi connectivity index (χ3v) is 6.24. The SMILES string of the molecule is CCc1ccc(S(=O)(=O)NCC2CCSC2)cc1C(=O)O. The summed E-state index contributed by atoms with van der Waals surface area (Å²) < 4.78 is 27.1. The Morgan fingerprint density at radius 1 is 1.48 bits per heavy atom. The van der Waals surface area contributed by atoms with Gasteiger partial charge in [0, 0.05) is 6.54 Å². The summed E-state index contributed by atoms with van der Waals surface area (Å²) in [5, 5.41) is 9.17. The highest BCUT2D eigenvalue weighted by Crippen LogP contribution is 2.23. The Bertz CT molecular complexity index is 622. The number of thioether (sulfide) groups is 1. The summed E-state index contributed by atoms with van der Waals surface area (Å²) in [7, 11) is -3.65. The van der Waals surface area contributed by atoms with Crippen LogP contribution in [0.15, 0.2) is 23.1 Å². The molecule has 0 radical (unpaired) electrons. The van der Waals surface area contributed by atoms with Gasteiger partial charge in [-0.15, -0.1) is 0 Å². The zero-order chi connectivity index (χ0) is 15.5.